The van der Waals surface area contributed by atoms with Gasteiger partial charge in [-0.2, -0.15) is 0 Å². The standard InChI is InChI=1S/C18H18N4O3/c23-16(21-15-4-1-2-10-19-15)12-20-18(25)13-6-8-14(9-7-13)22-11-3-5-17(22)24/h1-2,4,6-10H,3,5,11-12H2,(H,20,25)(H,19,21,23). The molecular formula is C18H18N4O3. The molecule has 1 fully saturated rings. The minimum absolute atomic E-state index is 0.100. The molecule has 0 spiro atoms. The normalized spacial score (nSPS) is 13.6. The Kier molecular flexibility index (Phi) is 5.03. The molecule has 7 heteroatoms. The Bertz CT molecular complexity index is 775. The maximum Gasteiger partial charge on any atom is 0.251 e. The van der Waals surface area contributed by atoms with E-state index < -0.39 is 0 Å². The highest BCUT2D eigenvalue weighted by Gasteiger charge is 2.21. The molecule has 2 aromatic rings. The first-order valence-electron chi connectivity index (χ1n) is 8.03. The first kappa shape index (κ1) is 16.6. The molecule has 1 aromatic heterocycles. The molecule has 0 saturated carbocycles. The van der Waals surface area contributed by atoms with Gasteiger partial charge in [0.25, 0.3) is 5.91 Å². The Morgan fingerprint density at radius 1 is 1.12 bits per heavy atom. The average molecular weight is 338 g/mol. The molecule has 1 aliphatic rings. The molecule has 1 saturated heterocycles. The zero-order chi connectivity index (χ0) is 17.6. The number of carbonyl (C=O) groups excluding carboxylic acids is 3. The number of rotatable bonds is 5. The molecule has 0 unspecified atom stereocenters. The van der Waals surface area contributed by atoms with E-state index >= 15 is 0 Å². The Balaban J connectivity index is 1.52. The topological polar surface area (TPSA) is 91.4 Å². The summed E-state index contributed by atoms with van der Waals surface area (Å²) in [4.78, 5) is 41.3. The third-order valence-corrected chi connectivity index (χ3v) is 3.86. The van der Waals surface area contributed by atoms with Gasteiger partial charge in [0, 0.05) is 30.4 Å². The van der Waals surface area contributed by atoms with E-state index in [0.717, 1.165) is 12.1 Å². The van der Waals surface area contributed by atoms with Crippen LogP contribution in [0.5, 0.6) is 0 Å². The Morgan fingerprint density at radius 2 is 1.92 bits per heavy atom. The van der Waals surface area contributed by atoms with Crippen LogP contribution in [0.1, 0.15) is 23.2 Å². The maximum atomic E-state index is 12.1. The molecule has 2 N–H and O–H groups in total. The minimum atomic E-state index is -0.355. The minimum Gasteiger partial charge on any atom is -0.343 e. The molecule has 3 rings (SSSR count). The molecule has 2 heterocycles. The van der Waals surface area contributed by atoms with Gasteiger partial charge < -0.3 is 15.5 Å². The Labute approximate surface area is 145 Å². The summed E-state index contributed by atoms with van der Waals surface area (Å²) in [6.45, 7) is 0.555. The van der Waals surface area contributed by atoms with Gasteiger partial charge in [0.05, 0.1) is 6.54 Å². The number of anilines is 2. The Morgan fingerprint density at radius 3 is 2.56 bits per heavy atom. The summed E-state index contributed by atoms with van der Waals surface area (Å²) in [5, 5.41) is 5.15. The highest BCUT2D eigenvalue weighted by atomic mass is 16.2. The second-order valence-corrected chi connectivity index (χ2v) is 5.64. The first-order chi connectivity index (χ1) is 12.1. The third kappa shape index (κ3) is 4.20. The summed E-state index contributed by atoms with van der Waals surface area (Å²) < 4.78 is 0. The number of pyridine rings is 1. The molecule has 7 nitrogen and oxygen atoms in total. The number of benzene rings is 1. The number of carbonyl (C=O) groups is 3. The van der Waals surface area contributed by atoms with E-state index in [-0.39, 0.29) is 24.3 Å². The number of nitrogens with one attached hydrogen (secondary N) is 2. The van der Waals surface area contributed by atoms with E-state index in [0.29, 0.717) is 24.3 Å². The molecule has 0 aliphatic carbocycles. The van der Waals surface area contributed by atoms with Gasteiger partial charge >= 0.3 is 0 Å². The third-order valence-electron chi connectivity index (χ3n) is 3.86. The first-order valence-corrected chi connectivity index (χ1v) is 8.03. The predicted molar refractivity (Wildman–Crippen MR) is 93.2 cm³/mol. The van der Waals surface area contributed by atoms with Crippen LogP contribution in [0.4, 0.5) is 11.5 Å². The van der Waals surface area contributed by atoms with Crippen LogP contribution in [0.15, 0.2) is 48.7 Å². The van der Waals surface area contributed by atoms with Crippen molar-refractivity contribution in [1.29, 1.82) is 0 Å². The summed E-state index contributed by atoms with van der Waals surface area (Å²) in [5.74, 6) is -0.174. The highest BCUT2D eigenvalue weighted by Crippen LogP contribution is 2.21. The van der Waals surface area contributed by atoms with Crippen molar-refractivity contribution in [3.8, 4) is 0 Å². The van der Waals surface area contributed by atoms with E-state index in [1.807, 2.05) is 0 Å². The zero-order valence-corrected chi connectivity index (χ0v) is 13.6. The second kappa shape index (κ2) is 7.57. The van der Waals surface area contributed by atoms with Crippen LogP contribution in [-0.2, 0) is 9.59 Å². The van der Waals surface area contributed by atoms with Gasteiger partial charge in [0.2, 0.25) is 11.8 Å². The molecule has 1 aromatic carbocycles. The summed E-state index contributed by atoms with van der Waals surface area (Å²) in [6, 6.07) is 11.9. The smallest absolute Gasteiger partial charge is 0.251 e. The van der Waals surface area contributed by atoms with Crippen LogP contribution in [0.3, 0.4) is 0 Å². The van der Waals surface area contributed by atoms with Crippen LogP contribution in [0.25, 0.3) is 0 Å². The van der Waals surface area contributed by atoms with Crippen molar-refractivity contribution in [2.75, 3.05) is 23.3 Å². The zero-order valence-electron chi connectivity index (χ0n) is 13.6. The summed E-state index contributed by atoms with van der Waals surface area (Å²) in [7, 11) is 0. The second-order valence-electron chi connectivity index (χ2n) is 5.64. The SMILES string of the molecule is O=C(CNC(=O)c1ccc(N2CCCC2=O)cc1)Nc1ccccn1. The van der Waals surface area contributed by atoms with E-state index in [2.05, 4.69) is 15.6 Å². The lowest BCUT2D eigenvalue weighted by Crippen LogP contribution is -2.33. The molecule has 3 amide bonds. The number of hydrogen-bond acceptors (Lipinski definition) is 4. The molecule has 1 aliphatic heterocycles. The monoisotopic (exact) mass is 338 g/mol. The van der Waals surface area contributed by atoms with Crippen LogP contribution in [0, 0.1) is 0 Å². The van der Waals surface area contributed by atoms with Crippen molar-refractivity contribution in [3.05, 3.63) is 54.2 Å². The van der Waals surface area contributed by atoms with Gasteiger partial charge in [-0.3, -0.25) is 14.4 Å². The highest BCUT2D eigenvalue weighted by molar-refractivity contribution is 6.00. The molecule has 0 radical (unpaired) electrons. The largest absolute Gasteiger partial charge is 0.343 e. The van der Waals surface area contributed by atoms with Gasteiger partial charge in [-0.1, -0.05) is 6.07 Å². The lowest BCUT2D eigenvalue weighted by Gasteiger charge is -2.15. The van der Waals surface area contributed by atoms with Gasteiger partial charge in [-0.15, -0.1) is 0 Å². The quantitative estimate of drug-likeness (QED) is 0.866. The van der Waals surface area contributed by atoms with Gasteiger partial charge in [-0.25, -0.2) is 4.98 Å². The maximum absolute atomic E-state index is 12.1. The average Bonchev–Trinajstić information content (AvgIpc) is 3.07. The van der Waals surface area contributed by atoms with Crippen molar-refractivity contribution >= 4 is 29.2 Å². The fourth-order valence-electron chi connectivity index (χ4n) is 2.60. The lowest BCUT2D eigenvalue weighted by molar-refractivity contribution is -0.117. The fraction of sp³-hybridized carbons (Fsp3) is 0.222. The fourth-order valence-corrected chi connectivity index (χ4v) is 2.60. The van der Waals surface area contributed by atoms with Gasteiger partial charge in [-0.05, 0) is 42.8 Å². The van der Waals surface area contributed by atoms with Crippen LogP contribution in [0.2, 0.25) is 0 Å². The van der Waals surface area contributed by atoms with Gasteiger partial charge in [0.1, 0.15) is 5.82 Å². The number of amides is 3. The molecule has 0 atom stereocenters. The summed E-state index contributed by atoms with van der Waals surface area (Å²) in [6.07, 6.45) is 2.99. The molecule has 25 heavy (non-hydrogen) atoms. The predicted octanol–water partition coefficient (Wildman–Crippen LogP) is 1.58. The van der Waals surface area contributed by atoms with E-state index in [4.69, 9.17) is 0 Å². The van der Waals surface area contributed by atoms with Gasteiger partial charge in [0.15, 0.2) is 0 Å². The van der Waals surface area contributed by atoms with Crippen LogP contribution < -0.4 is 15.5 Å². The van der Waals surface area contributed by atoms with E-state index in [9.17, 15) is 14.4 Å². The van der Waals surface area contributed by atoms with Crippen LogP contribution in [-0.4, -0.2) is 35.8 Å². The molecule has 128 valence electrons. The number of hydrogen-bond donors (Lipinski definition) is 2. The molecule has 0 bridgehead atoms. The summed E-state index contributed by atoms with van der Waals surface area (Å²) in [5.41, 5.74) is 1.22. The van der Waals surface area contributed by atoms with Crippen molar-refractivity contribution in [2.45, 2.75) is 12.8 Å². The van der Waals surface area contributed by atoms with E-state index in [1.54, 1.807) is 53.6 Å². The van der Waals surface area contributed by atoms with Crippen molar-refractivity contribution in [2.24, 2.45) is 0 Å². The molecular weight excluding hydrogens is 320 g/mol. The Hall–Kier alpha value is -3.22. The van der Waals surface area contributed by atoms with Crippen molar-refractivity contribution < 1.29 is 14.4 Å². The van der Waals surface area contributed by atoms with Crippen molar-refractivity contribution in [1.82, 2.24) is 10.3 Å². The summed E-state index contributed by atoms with van der Waals surface area (Å²) >= 11 is 0. The lowest BCUT2D eigenvalue weighted by atomic mass is 10.2. The number of aromatic nitrogens is 1. The van der Waals surface area contributed by atoms with Crippen LogP contribution >= 0.6 is 0 Å². The number of nitrogens with zero attached hydrogens (tertiary/aromatic N) is 2. The van der Waals surface area contributed by atoms with E-state index in [1.165, 1.54) is 0 Å². The van der Waals surface area contributed by atoms with Crippen molar-refractivity contribution in [3.63, 3.8) is 0 Å².